The first kappa shape index (κ1) is 12.0. The monoisotopic (exact) mass is 214 g/mol. The van der Waals surface area contributed by atoms with Crippen LogP contribution in [0.1, 0.15) is 32.6 Å². The molecule has 0 heterocycles. The van der Waals surface area contributed by atoms with Gasteiger partial charge in [0.1, 0.15) is 0 Å². The van der Waals surface area contributed by atoms with Gasteiger partial charge in [0.25, 0.3) is 0 Å². The summed E-state index contributed by atoms with van der Waals surface area (Å²) in [5.41, 5.74) is 4.89. The summed E-state index contributed by atoms with van der Waals surface area (Å²) in [6.45, 7) is 2.16. The molecule has 0 aromatic rings. The lowest BCUT2D eigenvalue weighted by Gasteiger charge is -2.14. The van der Waals surface area contributed by atoms with Crippen LogP contribution in [-0.2, 0) is 9.59 Å². The number of rotatable bonds is 6. The van der Waals surface area contributed by atoms with Gasteiger partial charge in [0, 0.05) is 6.54 Å². The van der Waals surface area contributed by atoms with Gasteiger partial charge < -0.3 is 16.2 Å². The Morgan fingerprint density at radius 3 is 2.53 bits per heavy atom. The molecule has 0 bridgehead atoms. The highest BCUT2D eigenvalue weighted by atomic mass is 16.4. The van der Waals surface area contributed by atoms with Crippen molar-refractivity contribution in [1.29, 1.82) is 0 Å². The summed E-state index contributed by atoms with van der Waals surface area (Å²) in [4.78, 5) is 22.2. The van der Waals surface area contributed by atoms with E-state index in [2.05, 4.69) is 5.32 Å². The van der Waals surface area contributed by atoms with Gasteiger partial charge in [-0.3, -0.25) is 9.59 Å². The minimum absolute atomic E-state index is 0.207. The molecular formula is C10H18N2O3. The summed E-state index contributed by atoms with van der Waals surface area (Å²) in [7, 11) is 0. The smallest absolute Gasteiger partial charge is 0.311 e. The molecule has 86 valence electrons. The largest absolute Gasteiger partial charge is 0.481 e. The molecule has 0 aromatic carbocycles. The minimum Gasteiger partial charge on any atom is -0.481 e. The Morgan fingerprint density at radius 1 is 1.53 bits per heavy atom. The van der Waals surface area contributed by atoms with E-state index in [9.17, 15) is 9.59 Å². The maximum atomic E-state index is 11.4. The molecule has 1 aliphatic carbocycles. The Morgan fingerprint density at radius 2 is 2.13 bits per heavy atom. The zero-order chi connectivity index (χ0) is 11.5. The summed E-state index contributed by atoms with van der Waals surface area (Å²) < 4.78 is 0. The van der Waals surface area contributed by atoms with Crippen molar-refractivity contribution in [1.82, 2.24) is 5.32 Å². The van der Waals surface area contributed by atoms with Crippen LogP contribution >= 0.6 is 0 Å². The maximum absolute atomic E-state index is 11.4. The van der Waals surface area contributed by atoms with Gasteiger partial charge in [0.2, 0.25) is 5.91 Å². The summed E-state index contributed by atoms with van der Waals surface area (Å²) in [6.07, 6.45) is 2.77. The second-order valence-electron chi connectivity index (χ2n) is 4.20. The van der Waals surface area contributed by atoms with Crippen molar-refractivity contribution in [3.63, 3.8) is 0 Å². The van der Waals surface area contributed by atoms with E-state index in [1.165, 1.54) is 0 Å². The lowest BCUT2D eigenvalue weighted by molar-refractivity contribution is -0.143. The highest BCUT2D eigenvalue weighted by molar-refractivity contribution is 5.83. The van der Waals surface area contributed by atoms with E-state index in [-0.39, 0.29) is 12.5 Å². The number of carbonyl (C=O) groups is 2. The lowest BCUT2D eigenvalue weighted by atomic mass is 10.1. The van der Waals surface area contributed by atoms with E-state index in [1.54, 1.807) is 0 Å². The van der Waals surface area contributed by atoms with Gasteiger partial charge in [-0.1, -0.05) is 13.3 Å². The molecule has 1 fully saturated rings. The van der Waals surface area contributed by atoms with Crippen molar-refractivity contribution in [3.05, 3.63) is 0 Å². The molecule has 0 saturated heterocycles. The Hall–Kier alpha value is -1.10. The van der Waals surface area contributed by atoms with Gasteiger partial charge in [-0.25, -0.2) is 0 Å². The van der Waals surface area contributed by atoms with Crippen LogP contribution in [0.4, 0.5) is 0 Å². The van der Waals surface area contributed by atoms with Crippen LogP contribution in [0.15, 0.2) is 0 Å². The molecule has 0 unspecified atom stereocenters. The highest BCUT2D eigenvalue weighted by Crippen LogP contribution is 2.45. The SMILES string of the molecule is CCC[C@@H](N)C(=O)NCC1(C(=O)O)CC1. The van der Waals surface area contributed by atoms with Gasteiger partial charge in [-0.15, -0.1) is 0 Å². The fourth-order valence-electron chi connectivity index (χ4n) is 1.45. The number of carboxylic acids is 1. The van der Waals surface area contributed by atoms with Crippen LogP contribution in [0.25, 0.3) is 0 Å². The molecule has 5 heteroatoms. The second kappa shape index (κ2) is 4.61. The third-order valence-electron chi connectivity index (χ3n) is 2.84. The van der Waals surface area contributed by atoms with Crippen LogP contribution in [-0.4, -0.2) is 29.6 Å². The number of aliphatic carboxylic acids is 1. The van der Waals surface area contributed by atoms with E-state index < -0.39 is 17.4 Å². The standard InChI is InChI=1S/C10H18N2O3/c1-2-3-7(11)8(13)12-6-10(4-5-10)9(14)15/h7H,2-6,11H2,1H3,(H,12,13)(H,14,15)/t7-/m1/s1. The predicted octanol–water partition coefficient (Wildman–Crippen LogP) is 0.0948. The Kier molecular flexibility index (Phi) is 3.68. The average molecular weight is 214 g/mol. The number of nitrogens with two attached hydrogens (primary N) is 1. The summed E-state index contributed by atoms with van der Waals surface area (Å²) >= 11 is 0. The molecule has 0 spiro atoms. The molecule has 1 aliphatic rings. The van der Waals surface area contributed by atoms with Crippen molar-refractivity contribution in [2.45, 2.75) is 38.6 Å². The number of carboxylic acid groups (broad SMARTS) is 1. The summed E-state index contributed by atoms with van der Waals surface area (Å²) in [5, 5.41) is 11.5. The van der Waals surface area contributed by atoms with Crippen molar-refractivity contribution < 1.29 is 14.7 Å². The first-order valence-electron chi connectivity index (χ1n) is 5.28. The topological polar surface area (TPSA) is 92.4 Å². The Balaban J connectivity index is 2.31. The predicted molar refractivity (Wildman–Crippen MR) is 55.2 cm³/mol. The highest BCUT2D eigenvalue weighted by Gasteiger charge is 2.50. The molecule has 1 saturated carbocycles. The van der Waals surface area contributed by atoms with Crippen molar-refractivity contribution >= 4 is 11.9 Å². The molecule has 0 aromatic heterocycles. The fourth-order valence-corrected chi connectivity index (χ4v) is 1.45. The van der Waals surface area contributed by atoms with E-state index >= 15 is 0 Å². The van der Waals surface area contributed by atoms with Gasteiger partial charge in [0.15, 0.2) is 0 Å². The molecule has 0 aliphatic heterocycles. The number of hydrogen-bond acceptors (Lipinski definition) is 3. The first-order valence-corrected chi connectivity index (χ1v) is 5.28. The first-order chi connectivity index (χ1) is 7.02. The van der Waals surface area contributed by atoms with Gasteiger partial charge in [-0.05, 0) is 19.3 Å². The molecule has 1 rings (SSSR count). The number of amides is 1. The molecule has 15 heavy (non-hydrogen) atoms. The third-order valence-corrected chi connectivity index (χ3v) is 2.84. The van der Waals surface area contributed by atoms with Crippen LogP contribution in [0.5, 0.6) is 0 Å². The van der Waals surface area contributed by atoms with E-state index in [0.717, 1.165) is 6.42 Å². The maximum Gasteiger partial charge on any atom is 0.311 e. The van der Waals surface area contributed by atoms with E-state index in [0.29, 0.717) is 19.3 Å². The fraction of sp³-hybridized carbons (Fsp3) is 0.800. The molecule has 0 radical (unpaired) electrons. The number of hydrogen-bond donors (Lipinski definition) is 3. The zero-order valence-electron chi connectivity index (χ0n) is 8.95. The van der Waals surface area contributed by atoms with Crippen LogP contribution in [0.3, 0.4) is 0 Å². The summed E-state index contributed by atoms with van der Waals surface area (Å²) in [6, 6.07) is -0.514. The average Bonchev–Trinajstić information content (AvgIpc) is 2.95. The Bertz CT molecular complexity index is 261. The van der Waals surface area contributed by atoms with Crippen LogP contribution < -0.4 is 11.1 Å². The normalized spacial score (nSPS) is 19.3. The molecule has 1 atom stereocenters. The molecule has 1 amide bonds. The van der Waals surface area contributed by atoms with Crippen molar-refractivity contribution in [2.75, 3.05) is 6.54 Å². The minimum atomic E-state index is -0.827. The van der Waals surface area contributed by atoms with E-state index in [4.69, 9.17) is 10.8 Å². The van der Waals surface area contributed by atoms with Gasteiger partial charge in [-0.2, -0.15) is 0 Å². The zero-order valence-corrected chi connectivity index (χ0v) is 8.95. The van der Waals surface area contributed by atoms with Crippen molar-refractivity contribution in [2.24, 2.45) is 11.1 Å². The lowest BCUT2D eigenvalue weighted by Crippen LogP contribution is -2.43. The third kappa shape index (κ3) is 2.92. The summed E-state index contributed by atoms with van der Waals surface area (Å²) in [5.74, 6) is -1.07. The van der Waals surface area contributed by atoms with E-state index in [1.807, 2.05) is 6.92 Å². The molecule has 4 N–H and O–H groups in total. The van der Waals surface area contributed by atoms with Crippen LogP contribution in [0, 0.1) is 5.41 Å². The Labute approximate surface area is 89.0 Å². The quantitative estimate of drug-likeness (QED) is 0.584. The number of nitrogens with one attached hydrogen (secondary N) is 1. The molecule has 5 nitrogen and oxygen atoms in total. The number of carbonyl (C=O) groups excluding carboxylic acids is 1. The van der Waals surface area contributed by atoms with Gasteiger partial charge >= 0.3 is 5.97 Å². The second-order valence-corrected chi connectivity index (χ2v) is 4.20. The van der Waals surface area contributed by atoms with Crippen LogP contribution in [0.2, 0.25) is 0 Å². The molecular weight excluding hydrogens is 196 g/mol. The van der Waals surface area contributed by atoms with Gasteiger partial charge in [0.05, 0.1) is 11.5 Å². The van der Waals surface area contributed by atoms with Crippen molar-refractivity contribution in [3.8, 4) is 0 Å².